The molecular formula is C43H56N8O7. The van der Waals surface area contributed by atoms with Crippen LogP contribution in [0.2, 0.25) is 0 Å². The highest BCUT2D eigenvalue weighted by molar-refractivity contribution is 5.77. The second-order valence-corrected chi connectivity index (χ2v) is 17.1. The number of nitrogens with one attached hydrogen (secondary N) is 2. The van der Waals surface area contributed by atoms with Crippen molar-refractivity contribution >= 4 is 17.4 Å². The number of carbonyl (C=O) groups excluding carboxylic acids is 1. The average molecular weight is 797 g/mol. The molecule has 5 fully saturated rings. The van der Waals surface area contributed by atoms with E-state index >= 15 is 0 Å². The molecule has 6 aliphatic rings. The second kappa shape index (κ2) is 16.2. The lowest BCUT2D eigenvalue weighted by Gasteiger charge is -2.46. The minimum absolute atomic E-state index is 0.0254. The van der Waals surface area contributed by atoms with Crippen molar-refractivity contribution in [2.24, 2.45) is 11.7 Å². The number of fused-ring (bicyclic) bond motifs is 2. The molecule has 9 rings (SSSR count). The number of methoxy groups -OCH3 is 1. The zero-order valence-electron chi connectivity index (χ0n) is 33.6. The molecule has 15 heteroatoms. The Balaban J connectivity index is 0.703. The Bertz CT molecular complexity index is 1990. The van der Waals surface area contributed by atoms with Crippen molar-refractivity contribution in [3.8, 4) is 17.5 Å². The number of esters is 1. The number of rotatable bonds is 13. The third kappa shape index (κ3) is 7.85. The number of hydrogen-bond acceptors (Lipinski definition) is 15. The fraction of sp³-hybridized carbons (Fsp3) is 0.558. The Hall–Kier alpha value is -5.15. The van der Waals surface area contributed by atoms with Gasteiger partial charge >= 0.3 is 5.97 Å². The van der Waals surface area contributed by atoms with Gasteiger partial charge in [-0.25, -0.2) is 4.98 Å². The Morgan fingerprint density at radius 2 is 1.62 bits per heavy atom. The number of hydrazine groups is 1. The number of phenols is 1. The standard InChI is InChI=1S/C43H56N8O7/c1-25(2)41(43(53)54-3)38-22-40(48-58-38)57-31-16-29(17-31)49-14-11-30(12-15-49)55-32-19-33(20-32)56-39-18-26(10-13-45-39)51-27-8-9-28(51)24-50(23-27)36-21-35(46-47-42(36)44)34-6-4-5-7-37(34)52/h4-7,10,13,18,21-22,25,27-33,41,46-47,52H,8-9,11-12,14-17,19-20,23-24,44H2,1-3H3/t27?,28?,29-,31-,32-,33-,41?. The van der Waals surface area contributed by atoms with Crippen LogP contribution in [-0.2, 0) is 14.3 Å². The Kier molecular flexibility index (Phi) is 10.7. The summed E-state index contributed by atoms with van der Waals surface area (Å²) in [7, 11) is 1.39. The van der Waals surface area contributed by atoms with Crippen LogP contribution in [-0.4, -0.2) is 107 Å². The Labute approximate surface area is 339 Å². The molecule has 2 saturated carbocycles. The van der Waals surface area contributed by atoms with Crippen LogP contribution in [0, 0.1) is 5.92 Å². The smallest absolute Gasteiger partial charge is 0.316 e. The molecule has 310 valence electrons. The number of phenolic OH excluding ortho intramolecular Hbond substituents is 1. The summed E-state index contributed by atoms with van der Waals surface area (Å²) in [6.45, 7) is 7.66. The molecule has 3 saturated heterocycles. The number of piperazine rings is 1. The zero-order chi connectivity index (χ0) is 39.9. The van der Waals surface area contributed by atoms with E-state index < -0.39 is 5.92 Å². The highest BCUT2D eigenvalue weighted by Crippen LogP contribution is 2.40. The number of pyridine rings is 1. The van der Waals surface area contributed by atoms with E-state index in [-0.39, 0.29) is 42.1 Å². The summed E-state index contributed by atoms with van der Waals surface area (Å²) in [6, 6.07) is 14.4. The van der Waals surface area contributed by atoms with Gasteiger partial charge < -0.3 is 44.1 Å². The van der Waals surface area contributed by atoms with E-state index in [1.54, 1.807) is 12.1 Å². The van der Waals surface area contributed by atoms with Crippen molar-refractivity contribution in [3.63, 3.8) is 0 Å². The molecule has 3 aromatic rings. The molecular weight excluding hydrogens is 741 g/mol. The van der Waals surface area contributed by atoms with Gasteiger partial charge in [0, 0.05) is 99.6 Å². The lowest BCUT2D eigenvalue weighted by atomic mass is 9.86. The van der Waals surface area contributed by atoms with Crippen molar-refractivity contribution in [1.82, 2.24) is 30.8 Å². The number of allylic oxidation sites excluding steroid dienone is 1. The summed E-state index contributed by atoms with van der Waals surface area (Å²) >= 11 is 0. The van der Waals surface area contributed by atoms with E-state index in [0.29, 0.717) is 41.5 Å². The van der Waals surface area contributed by atoms with Crippen LogP contribution in [0.1, 0.15) is 82.5 Å². The van der Waals surface area contributed by atoms with Gasteiger partial charge in [-0.2, -0.15) is 0 Å². The summed E-state index contributed by atoms with van der Waals surface area (Å²) in [6.07, 6.45) is 12.6. The van der Waals surface area contributed by atoms with Crippen molar-refractivity contribution in [2.45, 2.75) is 114 Å². The number of anilines is 1. The predicted molar refractivity (Wildman–Crippen MR) is 215 cm³/mol. The van der Waals surface area contributed by atoms with Gasteiger partial charge in [0.1, 0.15) is 29.7 Å². The molecule has 0 radical (unpaired) electrons. The molecule has 0 spiro atoms. The van der Waals surface area contributed by atoms with Crippen LogP contribution in [0.25, 0.3) is 5.70 Å². The van der Waals surface area contributed by atoms with E-state index in [9.17, 15) is 9.90 Å². The maximum absolute atomic E-state index is 12.2. The molecule has 58 heavy (non-hydrogen) atoms. The Morgan fingerprint density at radius 1 is 0.897 bits per heavy atom. The van der Waals surface area contributed by atoms with Crippen molar-refractivity contribution < 1.29 is 33.4 Å². The molecule has 2 bridgehead atoms. The van der Waals surface area contributed by atoms with Gasteiger partial charge in [0.05, 0.1) is 30.7 Å². The summed E-state index contributed by atoms with van der Waals surface area (Å²) in [5.74, 6) is 1.58. The number of hydrogen-bond donors (Lipinski definition) is 4. The summed E-state index contributed by atoms with van der Waals surface area (Å²) in [5.41, 5.74) is 16.3. The molecule has 2 aromatic heterocycles. The van der Waals surface area contributed by atoms with Crippen LogP contribution in [0.4, 0.5) is 5.69 Å². The Morgan fingerprint density at radius 3 is 2.34 bits per heavy atom. The third-order valence-electron chi connectivity index (χ3n) is 12.9. The number of ether oxygens (including phenoxy) is 4. The molecule has 4 aliphatic heterocycles. The number of nitrogens with two attached hydrogens (primary N) is 1. The summed E-state index contributed by atoms with van der Waals surface area (Å²) in [5, 5.41) is 14.5. The molecule has 1 aromatic carbocycles. The molecule has 2 aliphatic carbocycles. The molecule has 5 N–H and O–H groups in total. The van der Waals surface area contributed by atoms with Gasteiger partial charge in [-0.15, -0.1) is 0 Å². The lowest BCUT2D eigenvalue weighted by Crippen LogP contribution is -2.54. The van der Waals surface area contributed by atoms with E-state index in [2.05, 4.69) is 47.8 Å². The maximum atomic E-state index is 12.2. The van der Waals surface area contributed by atoms with Gasteiger partial charge in [-0.1, -0.05) is 26.0 Å². The highest BCUT2D eigenvalue weighted by atomic mass is 16.6. The molecule has 6 heterocycles. The number of benzene rings is 1. The maximum Gasteiger partial charge on any atom is 0.316 e. The number of carbonyl (C=O) groups is 1. The molecule has 0 amide bonds. The van der Waals surface area contributed by atoms with E-state index in [4.69, 9.17) is 29.2 Å². The van der Waals surface area contributed by atoms with E-state index in [1.807, 2.05) is 44.3 Å². The zero-order valence-corrected chi connectivity index (χ0v) is 33.6. The van der Waals surface area contributed by atoms with Crippen molar-refractivity contribution in [1.29, 1.82) is 0 Å². The number of nitrogens with zero attached hydrogens (tertiary/aromatic N) is 5. The van der Waals surface area contributed by atoms with E-state index in [0.717, 1.165) is 100 Å². The first-order valence-electron chi connectivity index (χ1n) is 21.0. The number of para-hydroxylation sites is 1. The number of aromatic nitrogens is 2. The SMILES string of the molecule is COC(=O)C(c1cc(O[C@H]2C[C@H](N3CCC(O[C@H]4C[C@H](Oc5cc(N6C7CCC6CN(C6=C(N)NNC(c8ccccc8O)=C6)C7)ccn5)C4)CC3)C2)no1)C(C)C. The summed E-state index contributed by atoms with van der Waals surface area (Å²) < 4.78 is 29.5. The topological polar surface area (TPSA) is 173 Å². The average Bonchev–Trinajstić information content (AvgIpc) is 3.76. The number of piperidine rings is 1. The third-order valence-corrected chi connectivity index (χ3v) is 12.9. The van der Waals surface area contributed by atoms with E-state index in [1.165, 1.54) is 7.11 Å². The monoisotopic (exact) mass is 796 g/mol. The second-order valence-electron chi connectivity index (χ2n) is 17.1. The molecule has 15 nitrogen and oxygen atoms in total. The number of aromatic hydroxyl groups is 1. The highest BCUT2D eigenvalue weighted by Gasteiger charge is 2.43. The van der Waals surface area contributed by atoms with Gasteiger partial charge in [0.25, 0.3) is 5.88 Å². The molecule has 3 unspecified atom stereocenters. The van der Waals surface area contributed by atoms with Crippen LogP contribution < -0.4 is 31.0 Å². The first-order chi connectivity index (χ1) is 28.2. The fourth-order valence-corrected chi connectivity index (χ4v) is 9.67. The number of likely N-dealkylation sites (tertiary alicyclic amines) is 2. The minimum atomic E-state index is -0.497. The van der Waals surface area contributed by atoms with Crippen molar-refractivity contribution in [3.05, 3.63) is 77.6 Å². The lowest BCUT2D eigenvalue weighted by molar-refractivity contribution is -0.144. The van der Waals surface area contributed by atoms with Gasteiger partial charge in [-0.05, 0) is 61.0 Å². The fourth-order valence-electron chi connectivity index (χ4n) is 9.67. The predicted octanol–water partition coefficient (Wildman–Crippen LogP) is 4.62. The van der Waals surface area contributed by atoms with Crippen LogP contribution >= 0.6 is 0 Å². The molecule has 3 atom stereocenters. The van der Waals surface area contributed by atoms with Crippen LogP contribution in [0.5, 0.6) is 17.5 Å². The normalized spacial score (nSPS) is 27.9. The largest absolute Gasteiger partial charge is 0.507 e. The van der Waals surface area contributed by atoms with Crippen molar-refractivity contribution in [2.75, 3.05) is 38.2 Å². The van der Waals surface area contributed by atoms with Gasteiger partial charge in [0.2, 0.25) is 5.88 Å². The first kappa shape index (κ1) is 38.4. The minimum Gasteiger partial charge on any atom is -0.507 e. The van der Waals surface area contributed by atoms with Crippen LogP contribution in [0.15, 0.2) is 70.8 Å². The first-order valence-corrected chi connectivity index (χ1v) is 21.0. The van der Waals surface area contributed by atoms with Gasteiger partial charge in [0.15, 0.2) is 5.76 Å². The quantitative estimate of drug-likeness (QED) is 0.177. The van der Waals surface area contributed by atoms with Crippen LogP contribution in [0.3, 0.4) is 0 Å². The van der Waals surface area contributed by atoms with Gasteiger partial charge in [-0.3, -0.25) is 20.5 Å². The summed E-state index contributed by atoms with van der Waals surface area (Å²) in [4.78, 5) is 24.3.